The first kappa shape index (κ1) is 28.0. The van der Waals surface area contributed by atoms with Crippen molar-refractivity contribution in [1.29, 1.82) is 0 Å². The van der Waals surface area contributed by atoms with Crippen LogP contribution in [0.4, 0.5) is 4.79 Å². The van der Waals surface area contributed by atoms with Gasteiger partial charge >= 0.3 is 6.09 Å². The molecule has 8 nitrogen and oxygen atoms in total. The zero-order valence-electron chi connectivity index (χ0n) is 18.2. The smallest absolute Gasteiger partial charge is 0.407 e. The Morgan fingerprint density at radius 1 is 0.862 bits per heavy atom. The highest BCUT2D eigenvalue weighted by Crippen LogP contribution is 2.22. The number of thiol groups is 1. The van der Waals surface area contributed by atoms with E-state index in [1.165, 1.54) is 0 Å². The topological polar surface area (TPSA) is 95.1 Å². The number of amides is 2. The van der Waals surface area contributed by atoms with Crippen molar-refractivity contribution in [2.24, 2.45) is 0 Å². The van der Waals surface area contributed by atoms with Gasteiger partial charge in [-0.25, -0.2) is 4.79 Å². The summed E-state index contributed by atoms with van der Waals surface area (Å²) in [6, 6.07) is 0.195. The van der Waals surface area contributed by atoms with Crippen LogP contribution in [0.2, 0.25) is 0 Å². The molecule has 0 spiro atoms. The minimum absolute atomic E-state index is 0.0223. The Hall–Kier alpha value is -1.03. The highest BCUT2D eigenvalue weighted by atomic mass is 32.1. The van der Waals surface area contributed by atoms with E-state index in [1.807, 2.05) is 20.8 Å². The molecule has 0 bridgehead atoms. The lowest BCUT2D eigenvalue weighted by Crippen LogP contribution is -2.38. The van der Waals surface area contributed by atoms with Crippen LogP contribution in [0.5, 0.6) is 0 Å². The molecule has 0 atom stereocenters. The summed E-state index contributed by atoms with van der Waals surface area (Å²) in [5, 5.41) is 6.06. The van der Waals surface area contributed by atoms with Crippen molar-refractivity contribution in [3.63, 3.8) is 0 Å². The molecule has 0 saturated heterocycles. The summed E-state index contributed by atoms with van der Waals surface area (Å²) in [4.78, 5) is 22.7. The van der Waals surface area contributed by atoms with E-state index in [9.17, 15) is 9.59 Å². The van der Waals surface area contributed by atoms with Crippen molar-refractivity contribution in [2.45, 2.75) is 64.2 Å². The number of carbonyl (C=O) groups is 2. The van der Waals surface area contributed by atoms with E-state index >= 15 is 0 Å². The van der Waals surface area contributed by atoms with E-state index < -0.39 is 0 Å². The summed E-state index contributed by atoms with van der Waals surface area (Å²) in [5.74, 6) is 0.0223. The highest BCUT2D eigenvalue weighted by molar-refractivity contribution is 7.80. The normalized spacial score (nSPS) is 18.3. The Morgan fingerprint density at radius 2 is 1.38 bits per heavy atom. The van der Waals surface area contributed by atoms with Crippen LogP contribution in [0.3, 0.4) is 0 Å². The molecule has 1 fully saturated rings. The fraction of sp³-hybridized carbons (Fsp3) is 0.900. The number of ether oxygens (including phenoxy) is 4. The maximum absolute atomic E-state index is 11.7. The predicted molar refractivity (Wildman–Crippen MR) is 117 cm³/mol. The van der Waals surface area contributed by atoms with Crippen LogP contribution in [0.15, 0.2) is 0 Å². The van der Waals surface area contributed by atoms with Crippen molar-refractivity contribution in [2.75, 3.05) is 52.8 Å². The molecule has 0 heterocycles. The van der Waals surface area contributed by atoms with Crippen molar-refractivity contribution in [3.05, 3.63) is 0 Å². The third kappa shape index (κ3) is 17.5. The largest absolute Gasteiger partial charge is 0.447 e. The first-order chi connectivity index (χ1) is 14.1. The van der Waals surface area contributed by atoms with Crippen LogP contribution < -0.4 is 10.6 Å². The molecule has 0 aliphatic heterocycles. The van der Waals surface area contributed by atoms with Gasteiger partial charge in [0, 0.05) is 24.3 Å². The quantitative estimate of drug-likeness (QED) is 0.286. The zero-order valence-corrected chi connectivity index (χ0v) is 19.1. The summed E-state index contributed by atoms with van der Waals surface area (Å²) < 4.78 is 21.1. The maximum atomic E-state index is 11.7. The number of hydrogen-bond donors (Lipinski definition) is 3. The van der Waals surface area contributed by atoms with Crippen LogP contribution in [-0.2, 0) is 23.7 Å². The number of carbonyl (C=O) groups excluding carboxylic acids is 2. The summed E-state index contributed by atoms with van der Waals surface area (Å²) in [5.41, 5.74) is 0. The molecular formula is C20H40N2O6S. The Labute approximate surface area is 181 Å². The van der Waals surface area contributed by atoms with E-state index in [2.05, 4.69) is 23.3 Å². The molecule has 0 aromatic heterocycles. The van der Waals surface area contributed by atoms with E-state index in [1.54, 1.807) is 0 Å². The molecule has 9 heteroatoms. The third-order valence-electron chi connectivity index (χ3n) is 4.11. The van der Waals surface area contributed by atoms with Gasteiger partial charge in [0.2, 0.25) is 5.91 Å². The predicted octanol–water partition coefficient (Wildman–Crippen LogP) is 2.56. The molecule has 0 radical (unpaired) electrons. The Morgan fingerprint density at radius 3 is 1.93 bits per heavy atom. The fourth-order valence-electron chi connectivity index (χ4n) is 2.55. The molecule has 1 aliphatic rings. The number of nitrogens with one attached hydrogen (secondary N) is 2. The molecule has 1 aliphatic carbocycles. The number of alkyl carbamates (subject to hydrolysis) is 1. The number of hydrogen-bond acceptors (Lipinski definition) is 7. The third-order valence-corrected chi connectivity index (χ3v) is 4.63. The summed E-state index contributed by atoms with van der Waals surface area (Å²) in [7, 11) is 0. The maximum Gasteiger partial charge on any atom is 0.407 e. The van der Waals surface area contributed by atoms with Crippen LogP contribution in [0.1, 0.15) is 52.9 Å². The molecule has 1 saturated carbocycles. The van der Waals surface area contributed by atoms with E-state index in [0.717, 1.165) is 25.7 Å². The Bertz CT molecular complexity index is 406. The van der Waals surface area contributed by atoms with Gasteiger partial charge in [-0.05, 0) is 25.7 Å². The number of rotatable bonds is 14. The van der Waals surface area contributed by atoms with E-state index in [4.69, 9.17) is 18.9 Å². The fourth-order valence-corrected chi connectivity index (χ4v) is 2.85. The van der Waals surface area contributed by atoms with Gasteiger partial charge in [0.05, 0.1) is 39.6 Å². The van der Waals surface area contributed by atoms with E-state index in [0.29, 0.717) is 57.9 Å². The van der Waals surface area contributed by atoms with Gasteiger partial charge in [-0.15, -0.1) is 0 Å². The molecule has 29 heavy (non-hydrogen) atoms. The second kappa shape index (κ2) is 20.3. The van der Waals surface area contributed by atoms with Crippen molar-refractivity contribution in [3.8, 4) is 0 Å². The van der Waals surface area contributed by atoms with Gasteiger partial charge in [-0.2, -0.15) is 12.6 Å². The highest BCUT2D eigenvalue weighted by Gasteiger charge is 2.20. The van der Waals surface area contributed by atoms with Gasteiger partial charge in [-0.1, -0.05) is 20.8 Å². The first-order valence-corrected chi connectivity index (χ1v) is 11.2. The summed E-state index contributed by atoms with van der Waals surface area (Å²) >= 11 is 4.44. The van der Waals surface area contributed by atoms with Crippen LogP contribution in [0.25, 0.3) is 0 Å². The molecule has 0 aromatic rings. The van der Waals surface area contributed by atoms with Crippen LogP contribution in [0, 0.1) is 0 Å². The van der Waals surface area contributed by atoms with Crippen molar-refractivity contribution >= 4 is 24.6 Å². The van der Waals surface area contributed by atoms with E-state index in [-0.39, 0.29) is 24.6 Å². The first-order valence-electron chi connectivity index (χ1n) is 10.7. The lowest BCUT2D eigenvalue weighted by atomic mass is 9.95. The second-order valence-corrected chi connectivity index (χ2v) is 7.06. The molecule has 2 N–H and O–H groups in total. The van der Waals surface area contributed by atoms with Gasteiger partial charge in [0.25, 0.3) is 0 Å². The lowest BCUT2D eigenvalue weighted by Gasteiger charge is -2.26. The summed E-state index contributed by atoms with van der Waals surface area (Å²) in [6.45, 7) is 9.19. The lowest BCUT2D eigenvalue weighted by molar-refractivity contribution is -0.121. The van der Waals surface area contributed by atoms with Crippen molar-refractivity contribution < 1.29 is 28.5 Å². The SMILES string of the molecule is CC.CCC(=O)NCCOCCOCCOCCOC(=O)NC1CCC(S)CC1. The Kier molecular flexibility index (Phi) is 19.5. The van der Waals surface area contributed by atoms with Crippen molar-refractivity contribution in [1.82, 2.24) is 10.6 Å². The molecule has 0 aromatic carbocycles. The monoisotopic (exact) mass is 436 g/mol. The minimum atomic E-state index is -0.385. The standard InChI is InChI=1S/C18H34N2O6S.C2H6/c1-2-17(21)19-7-8-23-9-10-24-11-12-25-13-14-26-18(22)20-15-3-5-16(27)6-4-15;1-2/h15-16,27H,2-14H2,1H3,(H,19,21)(H,20,22);1-2H3. The average molecular weight is 437 g/mol. The second-order valence-electron chi connectivity index (χ2n) is 6.33. The average Bonchev–Trinajstić information content (AvgIpc) is 2.74. The van der Waals surface area contributed by atoms with Gasteiger partial charge in [-0.3, -0.25) is 4.79 Å². The van der Waals surface area contributed by atoms with Crippen LogP contribution >= 0.6 is 12.6 Å². The van der Waals surface area contributed by atoms with Crippen LogP contribution in [-0.4, -0.2) is 76.1 Å². The van der Waals surface area contributed by atoms with Gasteiger partial charge in [0.1, 0.15) is 6.61 Å². The molecule has 172 valence electrons. The molecule has 2 amide bonds. The molecule has 1 rings (SSSR count). The molecular weight excluding hydrogens is 396 g/mol. The minimum Gasteiger partial charge on any atom is -0.447 e. The van der Waals surface area contributed by atoms with Gasteiger partial charge in [0.15, 0.2) is 0 Å². The zero-order chi connectivity index (χ0) is 21.7. The molecule has 0 unspecified atom stereocenters. The van der Waals surface area contributed by atoms with Gasteiger partial charge < -0.3 is 29.6 Å². The summed E-state index contributed by atoms with van der Waals surface area (Å²) in [6.07, 6.45) is 4.05. The Balaban J connectivity index is 0.00000379.